The van der Waals surface area contributed by atoms with Crippen LogP contribution in [0.25, 0.3) is 5.78 Å². The summed E-state index contributed by atoms with van der Waals surface area (Å²) in [6.45, 7) is 0. The normalized spacial score (nSPS) is 10.7. The SMILES string of the molecule is Clc1cc(Cl)n2cnnc2n1. The second-order valence-electron chi connectivity index (χ2n) is 1.90. The lowest BCUT2D eigenvalue weighted by Crippen LogP contribution is -1.88. The standard InChI is InChI=1S/C5H2Cl2N4/c6-3-1-4(7)11-2-8-10-5(11)9-3/h1-2H. The van der Waals surface area contributed by atoms with Crippen molar-refractivity contribution in [2.45, 2.75) is 0 Å². The van der Waals surface area contributed by atoms with E-state index in [1.54, 1.807) is 0 Å². The summed E-state index contributed by atoms with van der Waals surface area (Å²) in [5.41, 5.74) is 0. The molecule has 0 atom stereocenters. The monoisotopic (exact) mass is 188 g/mol. The van der Waals surface area contributed by atoms with E-state index < -0.39 is 0 Å². The van der Waals surface area contributed by atoms with Gasteiger partial charge < -0.3 is 0 Å². The van der Waals surface area contributed by atoms with Crippen LogP contribution < -0.4 is 0 Å². The minimum atomic E-state index is 0.315. The first-order valence-corrected chi connectivity index (χ1v) is 3.55. The number of hydrogen-bond donors (Lipinski definition) is 0. The molecule has 0 N–H and O–H groups in total. The molecule has 0 aliphatic heterocycles. The van der Waals surface area contributed by atoms with E-state index in [1.807, 2.05) is 0 Å². The molecule has 0 aliphatic rings. The molecule has 11 heavy (non-hydrogen) atoms. The van der Waals surface area contributed by atoms with Crippen molar-refractivity contribution in [2.75, 3.05) is 0 Å². The molecular formula is C5H2Cl2N4. The minimum absolute atomic E-state index is 0.315. The lowest BCUT2D eigenvalue weighted by atomic mass is 10.6. The zero-order valence-corrected chi connectivity index (χ0v) is 6.71. The maximum absolute atomic E-state index is 5.76. The summed E-state index contributed by atoms with van der Waals surface area (Å²) in [4.78, 5) is 3.87. The fourth-order valence-electron chi connectivity index (χ4n) is 0.751. The Hall–Kier alpha value is -0.870. The maximum Gasteiger partial charge on any atom is 0.257 e. The molecular weight excluding hydrogens is 187 g/mol. The van der Waals surface area contributed by atoms with Crippen LogP contribution in [0.4, 0.5) is 0 Å². The van der Waals surface area contributed by atoms with Crippen LogP contribution in [0.3, 0.4) is 0 Å². The summed E-state index contributed by atoms with van der Waals surface area (Å²) < 4.78 is 1.54. The van der Waals surface area contributed by atoms with E-state index >= 15 is 0 Å². The second kappa shape index (κ2) is 2.32. The van der Waals surface area contributed by atoms with E-state index in [1.165, 1.54) is 16.8 Å². The third-order valence-electron chi connectivity index (χ3n) is 1.20. The van der Waals surface area contributed by atoms with Crippen LogP contribution in [0.1, 0.15) is 0 Å². The zero-order valence-electron chi connectivity index (χ0n) is 5.20. The van der Waals surface area contributed by atoms with Gasteiger partial charge in [0.05, 0.1) is 0 Å². The fourth-order valence-corrected chi connectivity index (χ4v) is 1.21. The van der Waals surface area contributed by atoms with Gasteiger partial charge in [-0.3, -0.25) is 4.40 Å². The topological polar surface area (TPSA) is 43.1 Å². The van der Waals surface area contributed by atoms with Crippen molar-refractivity contribution < 1.29 is 0 Å². The Morgan fingerprint density at radius 3 is 3.00 bits per heavy atom. The molecule has 56 valence electrons. The predicted molar refractivity (Wildman–Crippen MR) is 40.8 cm³/mol. The van der Waals surface area contributed by atoms with Gasteiger partial charge >= 0.3 is 0 Å². The van der Waals surface area contributed by atoms with Crippen molar-refractivity contribution in [1.82, 2.24) is 19.6 Å². The highest BCUT2D eigenvalue weighted by atomic mass is 35.5. The van der Waals surface area contributed by atoms with E-state index in [0.29, 0.717) is 16.1 Å². The number of rotatable bonds is 0. The molecule has 4 nitrogen and oxygen atoms in total. The largest absolute Gasteiger partial charge is 0.257 e. The second-order valence-corrected chi connectivity index (χ2v) is 2.68. The van der Waals surface area contributed by atoms with E-state index in [0.717, 1.165) is 0 Å². The van der Waals surface area contributed by atoms with Gasteiger partial charge in [0.2, 0.25) is 0 Å². The van der Waals surface area contributed by atoms with E-state index in [4.69, 9.17) is 23.2 Å². The van der Waals surface area contributed by atoms with Crippen LogP contribution in [-0.4, -0.2) is 19.6 Å². The van der Waals surface area contributed by atoms with Gasteiger partial charge in [0.1, 0.15) is 16.6 Å². The highest BCUT2D eigenvalue weighted by Crippen LogP contribution is 2.14. The highest BCUT2D eigenvalue weighted by molar-refractivity contribution is 6.33. The Morgan fingerprint density at radius 1 is 1.36 bits per heavy atom. The Balaban J connectivity index is 2.91. The fraction of sp³-hybridized carbons (Fsp3) is 0. The third-order valence-corrected chi connectivity index (χ3v) is 1.69. The number of nitrogens with zero attached hydrogens (tertiary/aromatic N) is 4. The Labute approximate surface area is 71.8 Å². The Morgan fingerprint density at radius 2 is 2.18 bits per heavy atom. The maximum atomic E-state index is 5.76. The van der Waals surface area contributed by atoms with Gasteiger partial charge in [-0.2, -0.15) is 4.98 Å². The smallest absolute Gasteiger partial charge is 0.255 e. The van der Waals surface area contributed by atoms with Crippen LogP contribution in [0.2, 0.25) is 10.3 Å². The number of halogens is 2. The highest BCUT2D eigenvalue weighted by Gasteiger charge is 2.01. The third kappa shape index (κ3) is 1.04. The van der Waals surface area contributed by atoms with Crippen molar-refractivity contribution in [2.24, 2.45) is 0 Å². The molecule has 0 spiro atoms. The molecule has 2 heterocycles. The van der Waals surface area contributed by atoms with Gasteiger partial charge in [-0.05, 0) is 0 Å². The molecule has 0 saturated heterocycles. The molecule has 0 saturated carbocycles. The molecule has 0 bridgehead atoms. The molecule has 0 radical (unpaired) electrons. The van der Waals surface area contributed by atoms with Crippen molar-refractivity contribution in [3.63, 3.8) is 0 Å². The molecule has 2 rings (SSSR count). The summed E-state index contributed by atoms with van der Waals surface area (Å²) >= 11 is 11.4. The molecule has 0 fully saturated rings. The quantitative estimate of drug-likeness (QED) is 0.588. The Kier molecular flexibility index (Phi) is 1.44. The van der Waals surface area contributed by atoms with E-state index in [9.17, 15) is 0 Å². The first-order chi connectivity index (χ1) is 5.27. The zero-order chi connectivity index (χ0) is 7.84. The summed E-state index contributed by atoms with van der Waals surface area (Å²) in [5, 5.41) is 8.05. The summed E-state index contributed by atoms with van der Waals surface area (Å²) in [6, 6.07) is 1.53. The average Bonchev–Trinajstić information content (AvgIpc) is 2.34. The molecule has 2 aromatic heterocycles. The molecule has 0 unspecified atom stereocenters. The lowest BCUT2D eigenvalue weighted by Gasteiger charge is -1.94. The summed E-state index contributed by atoms with van der Waals surface area (Å²) in [6.07, 6.45) is 1.47. The van der Waals surface area contributed by atoms with Gasteiger partial charge in [-0.1, -0.05) is 23.2 Å². The van der Waals surface area contributed by atoms with Crippen molar-refractivity contribution in [3.8, 4) is 0 Å². The van der Waals surface area contributed by atoms with E-state index in [-0.39, 0.29) is 0 Å². The molecule has 0 amide bonds. The van der Waals surface area contributed by atoms with Crippen LogP contribution in [0.15, 0.2) is 12.4 Å². The molecule has 0 aromatic carbocycles. The van der Waals surface area contributed by atoms with Gasteiger partial charge in [0.15, 0.2) is 0 Å². The van der Waals surface area contributed by atoms with Gasteiger partial charge in [-0.15, -0.1) is 10.2 Å². The van der Waals surface area contributed by atoms with Gasteiger partial charge in [0.25, 0.3) is 5.78 Å². The number of fused-ring (bicyclic) bond motifs is 1. The van der Waals surface area contributed by atoms with Crippen LogP contribution in [0, 0.1) is 0 Å². The predicted octanol–water partition coefficient (Wildman–Crippen LogP) is 1.43. The Bertz CT molecular complexity index is 396. The van der Waals surface area contributed by atoms with Crippen molar-refractivity contribution >= 4 is 29.0 Å². The molecule has 0 aliphatic carbocycles. The van der Waals surface area contributed by atoms with E-state index in [2.05, 4.69) is 15.2 Å². The number of hydrogen-bond acceptors (Lipinski definition) is 3. The van der Waals surface area contributed by atoms with Gasteiger partial charge in [0, 0.05) is 6.07 Å². The molecule has 2 aromatic rings. The van der Waals surface area contributed by atoms with Crippen LogP contribution >= 0.6 is 23.2 Å². The van der Waals surface area contributed by atoms with Crippen molar-refractivity contribution in [1.29, 1.82) is 0 Å². The van der Waals surface area contributed by atoms with Crippen LogP contribution in [-0.2, 0) is 0 Å². The number of aromatic nitrogens is 4. The first kappa shape index (κ1) is 6.82. The first-order valence-electron chi connectivity index (χ1n) is 2.79. The average molecular weight is 189 g/mol. The summed E-state index contributed by atoms with van der Waals surface area (Å²) in [7, 11) is 0. The minimum Gasteiger partial charge on any atom is -0.255 e. The van der Waals surface area contributed by atoms with Crippen molar-refractivity contribution in [3.05, 3.63) is 22.7 Å². The lowest BCUT2D eigenvalue weighted by molar-refractivity contribution is 1.10. The summed E-state index contributed by atoms with van der Waals surface area (Å²) in [5.74, 6) is 0.405. The van der Waals surface area contributed by atoms with Gasteiger partial charge in [-0.25, -0.2) is 0 Å². The molecule has 6 heteroatoms. The van der Waals surface area contributed by atoms with Crippen LogP contribution in [0.5, 0.6) is 0 Å².